The Morgan fingerprint density at radius 1 is 1.15 bits per heavy atom. The fourth-order valence-corrected chi connectivity index (χ4v) is 1.86. The molecule has 0 bridgehead atoms. The summed E-state index contributed by atoms with van der Waals surface area (Å²) in [5, 5.41) is 15.4. The van der Waals surface area contributed by atoms with E-state index in [9.17, 15) is 0 Å². The number of tetrazole rings is 1. The highest BCUT2D eigenvalue weighted by atomic mass is 15.5. The third-order valence-electron chi connectivity index (χ3n) is 3.12. The van der Waals surface area contributed by atoms with E-state index < -0.39 is 0 Å². The predicted molar refractivity (Wildman–Crippen MR) is 79.8 cm³/mol. The normalized spacial score (nSPS) is 12.1. The van der Waals surface area contributed by atoms with Gasteiger partial charge in [0.15, 0.2) is 5.82 Å². The summed E-state index contributed by atoms with van der Waals surface area (Å²) in [6, 6.07) is 8.38. The van der Waals surface area contributed by atoms with Crippen LogP contribution in [0, 0.1) is 0 Å². The molecule has 0 amide bonds. The molecular formula is C15H23N5. The summed E-state index contributed by atoms with van der Waals surface area (Å²) in [5.74, 6) is 1.34. The van der Waals surface area contributed by atoms with Crippen LogP contribution in [-0.2, 0) is 6.54 Å². The van der Waals surface area contributed by atoms with Gasteiger partial charge in [0, 0.05) is 5.54 Å². The van der Waals surface area contributed by atoms with Gasteiger partial charge in [-0.1, -0.05) is 26.0 Å². The molecule has 0 radical (unpaired) electrons. The highest BCUT2D eigenvalue weighted by molar-refractivity contribution is 5.35. The van der Waals surface area contributed by atoms with Gasteiger partial charge >= 0.3 is 0 Å². The molecule has 0 aliphatic heterocycles. The van der Waals surface area contributed by atoms with Crippen molar-refractivity contribution in [2.24, 2.45) is 0 Å². The number of nitrogens with zero attached hydrogens (tertiary/aromatic N) is 4. The predicted octanol–water partition coefficient (Wildman–Crippen LogP) is 2.67. The zero-order valence-electron chi connectivity index (χ0n) is 12.9. The molecule has 0 unspecified atom stereocenters. The highest BCUT2D eigenvalue weighted by Crippen LogP contribution is 2.17. The van der Waals surface area contributed by atoms with E-state index in [4.69, 9.17) is 0 Å². The Kier molecular flexibility index (Phi) is 4.18. The number of aromatic nitrogens is 4. The molecule has 0 fully saturated rings. The van der Waals surface area contributed by atoms with Crippen LogP contribution >= 0.6 is 0 Å². The van der Waals surface area contributed by atoms with Gasteiger partial charge in [0.2, 0.25) is 0 Å². The fourth-order valence-electron chi connectivity index (χ4n) is 1.86. The molecule has 20 heavy (non-hydrogen) atoms. The summed E-state index contributed by atoms with van der Waals surface area (Å²) in [6.07, 6.45) is 0. The van der Waals surface area contributed by atoms with Gasteiger partial charge in [-0.2, -0.15) is 4.68 Å². The number of nitrogens with one attached hydrogen (secondary N) is 1. The van der Waals surface area contributed by atoms with Crippen molar-refractivity contribution in [1.82, 2.24) is 25.5 Å². The van der Waals surface area contributed by atoms with Crippen LogP contribution in [0.2, 0.25) is 0 Å². The van der Waals surface area contributed by atoms with Gasteiger partial charge in [-0.3, -0.25) is 0 Å². The van der Waals surface area contributed by atoms with Gasteiger partial charge in [-0.15, -0.1) is 5.10 Å². The van der Waals surface area contributed by atoms with E-state index in [1.165, 1.54) is 5.56 Å². The molecule has 1 aromatic carbocycles. The molecule has 5 nitrogen and oxygen atoms in total. The summed E-state index contributed by atoms with van der Waals surface area (Å²) >= 11 is 0. The summed E-state index contributed by atoms with van der Waals surface area (Å²) in [5.41, 5.74) is 2.35. The van der Waals surface area contributed by atoms with E-state index in [1.807, 2.05) is 0 Å². The van der Waals surface area contributed by atoms with Crippen LogP contribution < -0.4 is 5.32 Å². The van der Waals surface area contributed by atoms with E-state index >= 15 is 0 Å². The van der Waals surface area contributed by atoms with Crippen molar-refractivity contribution in [2.75, 3.05) is 0 Å². The molecule has 0 atom stereocenters. The molecule has 0 saturated carbocycles. The van der Waals surface area contributed by atoms with Gasteiger partial charge in [0.1, 0.15) is 0 Å². The molecule has 1 N–H and O–H groups in total. The van der Waals surface area contributed by atoms with E-state index in [1.54, 1.807) is 4.68 Å². The Morgan fingerprint density at radius 3 is 2.35 bits per heavy atom. The molecule has 0 saturated heterocycles. The first-order valence-electron chi connectivity index (χ1n) is 6.99. The number of hydrogen-bond donors (Lipinski definition) is 1. The Labute approximate surface area is 120 Å². The maximum atomic E-state index is 4.09. The summed E-state index contributed by atoms with van der Waals surface area (Å²) in [6.45, 7) is 11.4. The Morgan fingerprint density at radius 2 is 1.80 bits per heavy atom. The van der Waals surface area contributed by atoms with Gasteiger partial charge in [0.05, 0.1) is 12.2 Å². The van der Waals surface area contributed by atoms with E-state index in [-0.39, 0.29) is 5.54 Å². The standard InChI is InChI=1S/C15H23N5/c1-11(2)12-6-8-13(9-7-12)20-14(17-18-19-20)10-16-15(3,4)5/h6-9,11,16H,10H2,1-5H3. The van der Waals surface area contributed by atoms with E-state index in [2.05, 4.69) is 79.7 Å². The van der Waals surface area contributed by atoms with Crippen LogP contribution in [-0.4, -0.2) is 25.7 Å². The lowest BCUT2D eigenvalue weighted by molar-refractivity contribution is 0.415. The van der Waals surface area contributed by atoms with Crippen LogP contribution in [0.5, 0.6) is 0 Å². The summed E-state index contributed by atoms with van der Waals surface area (Å²) in [4.78, 5) is 0. The molecule has 0 spiro atoms. The average molecular weight is 273 g/mol. The lowest BCUT2D eigenvalue weighted by Gasteiger charge is -2.19. The van der Waals surface area contributed by atoms with Crippen molar-refractivity contribution in [2.45, 2.75) is 52.6 Å². The minimum atomic E-state index is 0.0400. The van der Waals surface area contributed by atoms with Gasteiger partial charge in [0.25, 0.3) is 0 Å². The van der Waals surface area contributed by atoms with Crippen LogP contribution in [0.25, 0.3) is 5.69 Å². The largest absolute Gasteiger partial charge is 0.305 e. The molecule has 108 valence electrons. The van der Waals surface area contributed by atoms with Crippen LogP contribution in [0.3, 0.4) is 0 Å². The molecule has 0 aliphatic carbocycles. The SMILES string of the molecule is CC(C)c1ccc(-n2nnnc2CNC(C)(C)C)cc1. The number of rotatable bonds is 4. The van der Waals surface area contributed by atoms with Crippen molar-refractivity contribution in [1.29, 1.82) is 0 Å². The third-order valence-corrected chi connectivity index (χ3v) is 3.12. The van der Waals surface area contributed by atoms with Crippen molar-refractivity contribution < 1.29 is 0 Å². The van der Waals surface area contributed by atoms with Crippen molar-refractivity contribution in [3.05, 3.63) is 35.7 Å². The smallest absolute Gasteiger partial charge is 0.170 e. The Bertz CT molecular complexity index is 548. The van der Waals surface area contributed by atoms with E-state index in [0.717, 1.165) is 11.5 Å². The van der Waals surface area contributed by atoms with Crippen LogP contribution in [0.4, 0.5) is 0 Å². The first-order valence-corrected chi connectivity index (χ1v) is 6.99. The van der Waals surface area contributed by atoms with Crippen LogP contribution in [0.15, 0.2) is 24.3 Å². The first-order chi connectivity index (χ1) is 9.37. The molecule has 1 aromatic heterocycles. The summed E-state index contributed by atoms with van der Waals surface area (Å²) < 4.78 is 1.78. The Balaban J connectivity index is 2.19. The maximum absolute atomic E-state index is 4.09. The second kappa shape index (κ2) is 5.71. The highest BCUT2D eigenvalue weighted by Gasteiger charge is 2.13. The molecule has 2 aromatic rings. The maximum Gasteiger partial charge on any atom is 0.170 e. The minimum Gasteiger partial charge on any atom is -0.305 e. The number of hydrogen-bond acceptors (Lipinski definition) is 4. The molecule has 2 rings (SSSR count). The summed E-state index contributed by atoms with van der Waals surface area (Å²) in [7, 11) is 0. The second-order valence-electron chi connectivity index (χ2n) is 6.36. The average Bonchev–Trinajstić information content (AvgIpc) is 2.84. The molecule has 1 heterocycles. The fraction of sp³-hybridized carbons (Fsp3) is 0.533. The van der Waals surface area contributed by atoms with Crippen LogP contribution in [0.1, 0.15) is 51.9 Å². The van der Waals surface area contributed by atoms with E-state index in [0.29, 0.717) is 12.5 Å². The van der Waals surface area contributed by atoms with Crippen molar-refractivity contribution >= 4 is 0 Å². The van der Waals surface area contributed by atoms with Gasteiger partial charge in [-0.25, -0.2) is 0 Å². The van der Waals surface area contributed by atoms with Crippen molar-refractivity contribution in [3.8, 4) is 5.69 Å². The van der Waals surface area contributed by atoms with Gasteiger partial charge in [-0.05, 0) is 54.8 Å². The second-order valence-corrected chi connectivity index (χ2v) is 6.36. The molecule has 0 aliphatic rings. The monoisotopic (exact) mass is 273 g/mol. The lowest BCUT2D eigenvalue weighted by Crippen LogP contribution is -2.35. The quantitative estimate of drug-likeness (QED) is 0.930. The molecule has 5 heteroatoms. The van der Waals surface area contributed by atoms with Gasteiger partial charge < -0.3 is 5.32 Å². The Hall–Kier alpha value is -1.75. The first kappa shape index (κ1) is 14.7. The van der Waals surface area contributed by atoms with Crippen molar-refractivity contribution in [3.63, 3.8) is 0 Å². The molecular weight excluding hydrogens is 250 g/mol. The number of benzene rings is 1. The topological polar surface area (TPSA) is 55.6 Å². The third kappa shape index (κ3) is 3.63. The lowest BCUT2D eigenvalue weighted by atomic mass is 10.0. The zero-order valence-corrected chi connectivity index (χ0v) is 12.9. The zero-order chi connectivity index (χ0) is 14.8. The minimum absolute atomic E-state index is 0.0400.